The van der Waals surface area contributed by atoms with Gasteiger partial charge < -0.3 is 4.90 Å². The maximum Gasteiger partial charge on any atom is 0.254 e. The molecule has 4 rings (SSSR count). The van der Waals surface area contributed by atoms with Gasteiger partial charge in [0.25, 0.3) is 5.91 Å². The highest BCUT2D eigenvalue weighted by Gasteiger charge is 2.31. The Morgan fingerprint density at radius 3 is 2.80 bits per heavy atom. The molecule has 1 atom stereocenters. The third kappa shape index (κ3) is 2.95. The molecule has 3 aromatic rings. The van der Waals surface area contributed by atoms with Crippen LogP contribution in [0.5, 0.6) is 0 Å². The molecule has 0 saturated carbocycles. The minimum Gasteiger partial charge on any atom is -0.332 e. The van der Waals surface area contributed by atoms with E-state index in [1.807, 2.05) is 47.5 Å². The van der Waals surface area contributed by atoms with E-state index in [0.29, 0.717) is 5.56 Å². The first-order chi connectivity index (χ1) is 12.2. The van der Waals surface area contributed by atoms with Gasteiger partial charge in [-0.1, -0.05) is 30.3 Å². The highest BCUT2D eigenvalue weighted by molar-refractivity contribution is 5.95. The Hall–Kier alpha value is -2.88. The number of rotatable bonds is 3. The Bertz CT molecular complexity index is 886. The lowest BCUT2D eigenvalue weighted by atomic mass is 9.99. The number of carbonyl (C=O) groups is 1. The summed E-state index contributed by atoms with van der Waals surface area (Å²) in [4.78, 5) is 15.2. The molecule has 4 heteroatoms. The summed E-state index contributed by atoms with van der Waals surface area (Å²) in [6.07, 6.45) is 5.69. The zero-order valence-electron chi connectivity index (χ0n) is 14.3. The molecule has 126 valence electrons. The zero-order chi connectivity index (χ0) is 17.2. The third-order valence-corrected chi connectivity index (χ3v) is 4.92. The Morgan fingerprint density at radius 2 is 2.00 bits per heavy atom. The molecular weight excluding hydrogens is 310 g/mol. The second-order valence-corrected chi connectivity index (χ2v) is 6.51. The molecule has 1 amide bonds. The van der Waals surface area contributed by atoms with E-state index in [2.05, 4.69) is 30.2 Å². The molecule has 2 heterocycles. The maximum atomic E-state index is 13.2. The van der Waals surface area contributed by atoms with Gasteiger partial charge in [-0.3, -0.25) is 4.79 Å². The van der Waals surface area contributed by atoms with Crippen molar-refractivity contribution in [2.24, 2.45) is 0 Å². The van der Waals surface area contributed by atoms with Crippen molar-refractivity contribution in [3.63, 3.8) is 0 Å². The van der Waals surface area contributed by atoms with E-state index in [-0.39, 0.29) is 11.9 Å². The van der Waals surface area contributed by atoms with Crippen LogP contribution in [0.3, 0.4) is 0 Å². The van der Waals surface area contributed by atoms with Crippen molar-refractivity contribution in [3.05, 3.63) is 83.7 Å². The number of hydrogen-bond donors (Lipinski definition) is 0. The molecule has 0 aliphatic carbocycles. The first kappa shape index (κ1) is 15.6. The zero-order valence-corrected chi connectivity index (χ0v) is 14.3. The van der Waals surface area contributed by atoms with Crippen LogP contribution >= 0.6 is 0 Å². The standard InChI is InChI=1S/C21H21N3O/c1-16-7-2-3-10-19(16)20-11-5-13-23(20)21(25)17-8-4-9-18(15-17)24-14-6-12-22-24/h2-4,6-10,12,14-15,20H,5,11,13H2,1H3/t20-/m1/s1. The second kappa shape index (κ2) is 6.55. The summed E-state index contributed by atoms with van der Waals surface area (Å²) in [6, 6.07) is 18.1. The summed E-state index contributed by atoms with van der Waals surface area (Å²) in [5.41, 5.74) is 4.13. The number of amides is 1. The van der Waals surface area contributed by atoms with Crippen LogP contribution in [-0.2, 0) is 0 Å². The number of benzene rings is 2. The number of likely N-dealkylation sites (tertiary alicyclic amines) is 1. The minimum atomic E-state index is 0.0970. The first-order valence-corrected chi connectivity index (χ1v) is 8.70. The topological polar surface area (TPSA) is 38.1 Å². The fourth-order valence-corrected chi connectivity index (χ4v) is 3.66. The Kier molecular flexibility index (Phi) is 4.10. The summed E-state index contributed by atoms with van der Waals surface area (Å²) in [6.45, 7) is 2.93. The lowest BCUT2D eigenvalue weighted by Gasteiger charge is -2.26. The summed E-state index contributed by atoms with van der Waals surface area (Å²) >= 11 is 0. The van der Waals surface area contributed by atoms with Gasteiger partial charge in [0, 0.05) is 24.5 Å². The summed E-state index contributed by atoms with van der Waals surface area (Å²) < 4.78 is 1.78. The molecule has 2 aromatic carbocycles. The normalized spacial score (nSPS) is 17.0. The van der Waals surface area contributed by atoms with Gasteiger partial charge in [0.1, 0.15) is 0 Å². The average Bonchev–Trinajstić information content (AvgIpc) is 3.33. The van der Waals surface area contributed by atoms with Gasteiger partial charge in [-0.05, 0) is 55.2 Å². The van der Waals surface area contributed by atoms with E-state index in [9.17, 15) is 4.79 Å². The predicted molar refractivity (Wildman–Crippen MR) is 97.8 cm³/mol. The van der Waals surface area contributed by atoms with Crippen LogP contribution in [0.4, 0.5) is 0 Å². The average molecular weight is 331 g/mol. The minimum absolute atomic E-state index is 0.0970. The van der Waals surface area contributed by atoms with Gasteiger partial charge in [0.05, 0.1) is 11.7 Å². The Balaban J connectivity index is 1.64. The van der Waals surface area contributed by atoms with E-state index in [0.717, 1.165) is 25.1 Å². The number of hydrogen-bond acceptors (Lipinski definition) is 2. The number of carbonyl (C=O) groups excluding carboxylic acids is 1. The largest absolute Gasteiger partial charge is 0.332 e. The molecule has 0 bridgehead atoms. The molecular formula is C21H21N3O. The van der Waals surface area contributed by atoms with Crippen molar-refractivity contribution in [3.8, 4) is 5.69 Å². The fraction of sp³-hybridized carbons (Fsp3) is 0.238. The van der Waals surface area contributed by atoms with Gasteiger partial charge in [-0.15, -0.1) is 0 Å². The van der Waals surface area contributed by atoms with E-state index < -0.39 is 0 Å². The highest BCUT2D eigenvalue weighted by Crippen LogP contribution is 2.34. The van der Waals surface area contributed by atoms with Crippen molar-refractivity contribution >= 4 is 5.91 Å². The molecule has 0 spiro atoms. The molecule has 0 N–H and O–H groups in total. The maximum absolute atomic E-state index is 13.2. The SMILES string of the molecule is Cc1ccccc1[C@H]1CCCN1C(=O)c1cccc(-n2cccn2)c1. The highest BCUT2D eigenvalue weighted by atomic mass is 16.2. The Labute approximate surface area is 147 Å². The van der Waals surface area contributed by atoms with Gasteiger partial charge in [-0.2, -0.15) is 5.10 Å². The lowest BCUT2D eigenvalue weighted by Crippen LogP contribution is -2.31. The van der Waals surface area contributed by atoms with Crippen LogP contribution in [0, 0.1) is 6.92 Å². The fourth-order valence-electron chi connectivity index (χ4n) is 3.66. The van der Waals surface area contributed by atoms with E-state index in [1.54, 1.807) is 10.9 Å². The number of aromatic nitrogens is 2. The number of aryl methyl sites for hydroxylation is 1. The van der Waals surface area contributed by atoms with E-state index in [4.69, 9.17) is 0 Å². The van der Waals surface area contributed by atoms with Crippen LogP contribution in [-0.4, -0.2) is 27.1 Å². The molecule has 0 unspecified atom stereocenters. The molecule has 25 heavy (non-hydrogen) atoms. The van der Waals surface area contributed by atoms with Crippen molar-refractivity contribution in [2.75, 3.05) is 6.54 Å². The molecule has 1 aliphatic rings. The van der Waals surface area contributed by atoms with Gasteiger partial charge in [0.2, 0.25) is 0 Å². The van der Waals surface area contributed by atoms with Crippen LogP contribution in [0.25, 0.3) is 5.69 Å². The molecule has 1 aromatic heterocycles. The first-order valence-electron chi connectivity index (χ1n) is 8.70. The molecule has 1 aliphatic heterocycles. The second-order valence-electron chi connectivity index (χ2n) is 6.51. The van der Waals surface area contributed by atoms with Crippen molar-refractivity contribution in [1.82, 2.24) is 14.7 Å². The monoisotopic (exact) mass is 331 g/mol. The molecule has 4 nitrogen and oxygen atoms in total. The lowest BCUT2D eigenvalue weighted by molar-refractivity contribution is 0.0735. The van der Waals surface area contributed by atoms with E-state index in [1.165, 1.54) is 11.1 Å². The van der Waals surface area contributed by atoms with Crippen molar-refractivity contribution in [2.45, 2.75) is 25.8 Å². The summed E-state index contributed by atoms with van der Waals surface area (Å²) in [5, 5.41) is 4.25. The molecule has 0 radical (unpaired) electrons. The number of nitrogens with zero attached hydrogens (tertiary/aromatic N) is 3. The van der Waals surface area contributed by atoms with Gasteiger partial charge in [0.15, 0.2) is 0 Å². The van der Waals surface area contributed by atoms with Crippen LogP contribution < -0.4 is 0 Å². The summed E-state index contributed by atoms with van der Waals surface area (Å²) in [7, 11) is 0. The van der Waals surface area contributed by atoms with Crippen LogP contribution in [0.1, 0.15) is 40.4 Å². The van der Waals surface area contributed by atoms with Crippen molar-refractivity contribution < 1.29 is 4.79 Å². The Morgan fingerprint density at radius 1 is 1.12 bits per heavy atom. The van der Waals surface area contributed by atoms with Gasteiger partial charge in [-0.25, -0.2) is 4.68 Å². The predicted octanol–water partition coefficient (Wildman–Crippen LogP) is 4.16. The molecule has 1 fully saturated rings. The quantitative estimate of drug-likeness (QED) is 0.723. The smallest absolute Gasteiger partial charge is 0.254 e. The third-order valence-electron chi connectivity index (χ3n) is 4.92. The molecule has 1 saturated heterocycles. The van der Waals surface area contributed by atoms with Crippen molar-refractivity contribution in [1.29, 1.82) is 0 Å². The van der Waals surface area contributed by atoms with Gasteiger partial charge >= 0.3 is 0 Å². The summed E-state index contributed by atoms with van der Waals surface area (Å²) in [5.74, 6) is 0.0970. The van der Waals surface area contributed by atoms with Crippen LogP contribution in [0.15, 0.2) is 67.0 Å². The van der Waals surface area contributed by atoms with Crippen LogP contribution in [0.2, 0.25) is 0 Å². The van der Waals surface area contributed by atoms with E-state index >= 15 is 0 Å².